The Morgan fingerprint density at radius 3 is 2.90 bits per heavy atom. The van der Waals surface area contributed by atoms with Gasteiger partial charge in [-0.2, -0.15) is 0 Å². The Bertz CT molecular complexity index is 789. The van der Waals surface area contributed by atoms with E-state index in [-0.39, 0.29) is 31.4 Å². The number of allylic oxidation sites excluding steroid dienone is 1. The summed E-state index contributed by atoms with van der Waals surface area (Å²) in [5, 5.41) is 2.82. The lowest BCUT2D eigenvalue weighted by Gasteiger charge is -2.29. The van der Waals surface area contributed by atoms with Gasteiger partial charge in [0.2, 0.25) is 0 Å². The first-order valence-electron chi connectivity index (χ1n) is 10.2. The summed E-state index contributed by atoms with van der Waals surface area (Å²) in [6.45, 7) is 2.23. The monoisotopic (exact) mass is 400 g/mol. The lowest BCUT2D eigenvalue weighted by atomic mass is 9.97. The molecule has 0 aromatic heterocycles. The average molecular weight is 400 g/mol. The van der Waals surface area contributed by atoms with E-state index in [4.69, 9.17) is 9.47 Å². The number of hydrogen-bond acceptors (Lipinski definition) is 5. The van der Waals surface area contributed by atoms with E-state index in [9.17, 15) is 14.4 Å². The summed E-state index contributed by atoms with van der Waals surface area (Å²) >= 11 is 0. The molecule has 2 aliphatic rings. The number of carbonyl (C=O) groups excluding carboxylic acids is 3. The third kappa shape index (κ3) is 5.82. The van der Waals surface area contributed by atoms with E-state index in [1.54, 1.807) is 19.1 Å². The predicted octanol–water partition coefficient (Wildman–Crippen LogP) is 2.74. The van der Waals surface area contributed by atoms with Gasteiger partial charge in [-0.25, -0.2) is 0 Å². The number of benzene rings is 1. The van der Waals surface area contributed by atoms with Gasteiger partial charge in [0.05, 0.1) is 12.1 Å². The van der Waals surface area contributed by atoms with Crippen molar-refractivity contribution >= 4 is 23.5 Å². The largest absolute Gasteiger partial charge is 0.482 e. The summed E-state index contributed by atoms with van der Waals surface area (Å²) in [5.41, 5.74) is 2.02. The van der Waals surface area contributed by atoms with Crippen LogP contribution >= 0.6 is 0 Å². The van der Waals surface area contributed by atoms with Crippen LogP contribution in [0.3, 0.4) is 0 Å². The Morgan fingerprint density at radius 2 is 2.10 bits per heavy atom. The molecule has 1 N–H and O–H groups in total. The second-order valence-electron chi connectivity index (χ2n) is 7.33. The van der Waals surface area contributed by atoms with E-state index >= 15 is 0 Å². The summed E-state index contributed by atoms with van der Waals surface area (Å²) in [6, 6.07) is 7.19. The number of anilines is 1. The molecule has 0 bridgehead atoms. The van der Waals surface area contributed by atoms with Crippen LogP contribution in [0.25, 0.3) is 0 Å². The van der Waals surface area contributed by atoms with Gasteiger partial charge in [0.25, 0.3) is 11.8 Å². The van der Waals surface area contributed by atoms with E-state index in [0.717, 1.165) is 19.3 Å². The fourth-order valence-electron chi connectivity index (χ4n) is 3.53. The number of nitrogens with one attached hydrogen (secondary N) is 1. The molecule has 1 atom stereocenters. The maximum Gasteiger partial charge on any atom is 0.308 e. The van der Waals surface area contributed by atoms with Crippen molar-refractivity contribution < 1.29 is 23.9 Å². The van der Waals surface area contributed by atoms with E-state index in [2.05, 4.69) is 11.4 Å². The Labute approximate surface area is 171 Å². The summed E-state index contributed by atoms with van der Waals surface area (Å²) in [6.07, 6.45) is 6.90. The summed E-state index contributed by atoms with van der Waals surface area (Å²) in [7, 11) is 0. The number of carbonyl (C=O) groups is 3. The van der Waals surface area contributed by atoms with Crippen LogP contribution in [0.1, 0.15) is 45.4 Å². The Balaban J connectivity index is 1.41. The van der Waals surface area contributed by atoms with Crippen molar-refractivity contribution in [3.8, 4) is 5.75 Å². The predicted molar refractivity (Wildman–Crippen MR) is 109 cm³/mol. The molecule has 1 aromatic rings. The van der Waals surface area contributed by atoms with Crippen molar-refractivity contribution in [1.82, 2.24) is 5.32 Å². The number of rotatable bonds is 8. The van der Waals surface area contributed by atoms with Gasteiger partial charge in [-0.3, -0.25) is 14.4 Å². The van der Waals surface area contributed by atoms with Crippen molar-refractivity contribution in [2.24, 2.45) is 0 Å². The van der Waals surface area contributed by atoms with Crippen LogP contribution in [0.4, 0.5) is 5.69 Å². The molecule has 1 aliphatic carbocycles. The van der Waals surface area contributed by atoms with Gasteiger partial charge in [0.1, 0.15) is 5.75 Å². The minimum Gasteiger partial charge on any atom is -0.482 e. The van der Waals surface area contributed by atoms with Gasteiger partial charge in [-0.1, -0.05) is 23.8 Å². The highest BCUT2D eigenvalue weighted by Crippen LogP contribution is 2.31. The molecular weight excluding hydrogens is 372 g/mol. The molecule has 29 heavy (non-hydrogen) atoms. The maximum absolute atomic E-state index is 12.2. The van der Waals surface area contributed by atoms with Crippen LogP contribution in [0, 0.1) is 0 Å². The summed E-state index contributed by atoms with van der Waals surface area (Å²) in [5.74, 6) is -0.414. The van der Waals surface area contributed by atoms with Crippen molar-refractivity contribution in [3.05, 3.63) is 35.9 Å². The number of para-hydroxylation sites is 2. The van der Waals surface area contributed by atoms with E-state index in [0.29, 0.717) is 18.0 Å². The van der Waals surface area contributed by atoms with Crippen LogP contribution in [0.2, 0.25) is 0 Å². The van der Waals surface area contributed by atoms with E-state index < -0.39 is 12.1 Å². The summed E-state index contributed by atoms with van der Waals surface area (Å²) in [4.78, 5) is 38.0. The first kappa shape index (κ1) is 20.9. The Morgan fingerprint density at radius 1 is 1.28 bits per heavy atom. The van der Waals surface area contributed by atoms with E-state index in [1.807, 2.05) is 12.1 Å². The van der Waals surface area contributed by atoms with Gasteiger partial charge < -0.3 is 19.7 Å². The quantitative estimate of drug-likeness (QED) is 0.536. The highest BCUT2D eigenvalue weighted by Gasteiger charge is 2.26. The second-order valence-corrected chi connectivity index (χ2v) is 7.33. The number of hydrogen-bond donors (Lipinski definition) is 1. The smallest absolute Gasteiger partial charge is 0.308 e. The standard InChI is InChI=1S/C22H28N2O5/c1-16(22(27)23-13-11-17-7-3-2-4-8-17)29-21(26)12-14-24-18-9-5-6-10-19(18)28-15-20(24)25/h5-7,9-10,16H,2-4,8,11-15H2,1H3,(H,23,27)/t16-/m0/s1. The minimum atomic E-state index is -0.865. The molecule has 7 nitrogen and oxygen atoms in total. The van der Waals surface area contributed by atoms with Gasteiger partial charge in [-0.05, 0) is 51.2 Å². The normalized spacial score (nSPS) is 16.9. The zero-order valence-corrected chi connectivity index (χ0v) is 16.8. The van der Waals surface area contributed by atoms with Gasteiger partial charge in [0, 0.05) is 13.1 Å². The molecule has 0 spiro atoms. The lowest BCUT2D eigenvalue weighted by Crippen LogP contribution is -2.41. The molecule has 0 saturated heterocycles. The molecule has 1 heterocycles. The molecule has 2 amide bonds. The first-order valence-corrected chi connectivity index (χ1v) is 10.2. The minimum absolute atomic E-state index is 0.00454. The fourth-order valence-corrected chi connectivity index (χ4v) is 3.53. The molecule has 0 fully saturated rings. The molecule has 1 aliphatic heterocycles. The SMILES string of the molecule is C[C@H](OC(=O)CCN1C(=O)COc2ccccc21)C(=O)NCCC1=CCCCC1. The number of amides is 2. The molecule has 0 unspecified atom stereocenters. The van der Waals surface area contributed by atoms with Crippen molar-refractivity contribution in [1.29, 1.82) is 0 Å². The summed E-state index contributed by atoms with van der Waals surface area (Å²) < 4.78 is 10.6. The van der Waals surface area contributed by atoms with Crippen molar-refractivity contribution in [2.45, 2.75) is 51.6 Å². The lowest BCUT2D eigenvalue weighted by molar-refractivity contribution is -0.154. The topological polar surface area (TPSA) is 84.9 Å². The second kappa shape index (κ2) is 10.1. The number of esters is 1. The van der Waals surface area contributed by atoms with Gasteiger partial charge in [-0.15, -0.1) is 0 Å². The van der Waals surface area contributed by atoms with Crippen LogP contribution in [0.5, 0.6) is 5.75 Å². The fraction of sp³-hybridized carbons (Fsp3) is 0.500. The van der Waals surface area contributed by atoms with Crippen molar-refractivity contribution in [3.63, 3.8) is 0 Å². The number of ether oxygens (including phenoxy) is 2. The number of fused-ring (bicyclic) bond motifs is 1. The zero-order valence-electron chi connectivity index (χ0n) is 16.8. The maximum atomic E-state index is 12.2. The molecule has 1 aromatic carbocycles. The average Bonchev–Trinajstić information content (AvgIpc) is 2.73. The van der Waals surface area contributed by atoms with Crippen LogP contribution < -0.4 is 15.0 Å². The van der Waals surface area contributed by atoms with Crippen LogP contribution in [0.15, 0.2) is 35.9 Å². The first-order chi connectivity index (χ1) is 14.0. The molecule has 156 valence electrons. The molecule has 3 rings (SSSR count). The van der Waals surface area contributed by atoms with Crippen molar-refractivity contribution in [2.75, 3.05) is 24.6 Å². The molecule has 0 radical (unpaired) electrons. The molecule has 7 heteroatoms. The Kier molecular flexibility index (Phi) is 7.27. The van der Waals surface area contributed by atoms with Crippen LogP contribution in [-0.2, 0) is 19.1 Å². The third-order valence-electron chi connectivity index (χ3n) is 5.16. The Hall–Kier alpha value is -2.83. The highest BCUT2D eigenvalue weighted by atomic mass is 16.5. The van der Waals surface area contributed by atoms with Crippen LogP contribution in [-0.4, -0.2) is 43.6 Å². The zero-order chi connectivity index (χ0) is 20.6. The molecule has 0 saturated carbocycles. The third-order valence-corrected chi connectivity index (χ3v) is 5.16. The highest BCUT2D eigenvalue weighted by molar-refractivity contribution is 5.98. The van der Waals surface area contributed by atoms with Gasteiger partial charge in [0.15, 0.2) is 12.7 Å². The van der Waals surface area contributed by atoms with Gasteiger partial charge >= 0.3 is 5.97 Å². The van der Waals surface area contributed by atoms with E-state index in [1.165, 1.54) is 23.3 Å². The molecular formula is C22H28N2O5. The number of nitrogens with zero attached hydrogens (tertiary/aromatic N) is 1.